The molecule has 2 fully saturated rings. The van der Waals surface area contributed by atoms with Crippen molar-refractivity contribution in [2.45, 2.75) is 43.9 Å². The zero-order valence-electron chi connectivity index (χ0n) is 20.4. The Morgan fingerprint density at radius 1 is 0.865 bits per heavy atom. The first-order valence-corrected chi connectivity index (χ1v) is 12.8. The lowest BCUT2D eigenvalue weighted by molar-refractivity contribution is -0.128. The van der Waals surface area contributed by atoms with Crippen molar-refractivity contribution in [1.82, 2.24) is 15.1 Å². The first kappa shape index (κ1) is 26.8. The molecule has 2 aromatic rings. The van der Waals surface area contributed by atoms with Crippen LogP contribution in [-0.2, 0) is 4.79 Å². The molecule has 0 spiro atoms. The van der Waals surface area contributed by atoms with Crippen LogP contribution in [0.15, 0.2) is 42.5 Å². The molecule has 1 aliphatic heterocycles. The predicted molar refractivity (Wildman–Crippen MR) is 143 cm³/mol. The molecule has 1 unspecified atom stereocenters. The lowest BCUT2D eigenvalue weighted by Crippen LogP contribution is -2.57. The van der Waals surface area contributed by atoms with Gasteiger partial charge < -0.3 is 26.4 Å². The van der Waals surface area contributed by atoms with E-state index >= 15 is 0 Å². The van der Waals surface area contributed by atoms with Gasteiger partial charge in [-0.1, -0.05) is 23.2 Å². The topological polar surface area (TPSA) is 129 Å². The number of halogens is 2. The third-order valence-electron chi connectivity index (χ3n) is 6.56. The Kier molecular flexibility index (Phi) is 8.63. The monoisotopic (exact) mass is 548 g/mol. The Balaban J connectivity index is 1.51. The van der Waals surface area contributed by atoms with Crippen LogP contribution in [0.2, 0.25) is 10.0 Å². The van der Waals surface area contributed by atoms with Crippen LogP contribution in [0.25, 0.3) is 0 Å². The Hall–Kier alpha value is -3.21. The van der Waals surface area contributed by atoms with Gasteiger partial charge in [-0.15, -0.1) is 0 Å². The lowest BCUT2D eigenvalue weighted by Gasteiger charge is -2.32. The Labute approximate surface area is 225 Å². The number of ether oxygens (including phenoxy) is 1. The number of benzene rings is 2. The standard InChI is InChI=1S/C25H30Cl2N6O4/c1-37-19-9-6-17(7-10-19)30-24(35)32-12-13-33(25(36)31-18-8-11-20(26)21(27)14-18)23(32)22(34)29-16-4-2-15(28)3-5-16/h6-11,14-16,23H,2-5,12-13,28H2,1H3,(H,29,34)(H,30,35)(H,31,36). The summed E-state index contributed by atoms with van der Waals surface area (Å²) in [7, 11) is 1.55. The summed E-state index contributed by atoms with van der Waals surface area (Å²) in [4.78, 5) is 42.6. The van der Waals surface area contributed by atoms with Crippen LogP contribution in [0.3, 0.4) is 0 Å². The quantitative estimate of drug-likeness (QED) is 0.447. The molecule has 5 N–H and O–H groups in total. The van der Waals surface area contributed by atoms with E-state index in [0.717, 1.165) is 25.7 Å². The molecule has 0 radical (unpaired) electrons. The SMILES string of the molecule is COc1ccc(NC(=O)N2CCN(C(=O)Nc3ccc(Cl)c(Cl)c3)C2C(=O)NC2CCC(N)CC2)cc1. The van der Waals surface area contributed by atoms with Crippen molar-refractivity contribution in [2.75, 3.05) is 30.8 Å². The van der Waals surface area contributed by atoms with Crippen molar-refractivity contribution >= 4 is 52.5 Å². The predicted octanol–water partition coefficient (Wildman–Crippen LogP) is 4.10. The minimum Gasteiger partial charge on any atom is -0.497 e. The highest BCUT2D eigenvalue weighted by Gasteiger charge is 2.43. The molecule has 1 heterocycles. The Bertz CT molecular complexity index is 1140. The van der Waals surface area contributed by atoms with Gasteiger partial charge in [-0.2, -0.15) is 0 Å². The summed E-state index contributed by atoms with van der Waals surface area (Å²) in [5.41, 5.74) is 6.95. The van der Waals surface area contributed by atoms with Crippen LogP contribution in [0, 0.1) is 0 Å². The molecule has 12 heteroatoms. The second-order valence-electron chi connectivity index (χ2n) is 9.10. The number of nitrogens with two attached hydrogens (primary N) is 1. The van der Waals surface area contributed by atoms with E-state index in [9.17, 15) is 14.4 Å². The maximum absolute atomic E-state index is 13.5. The van der Waals surface area contributed by atoms with Crippen LogP contribution in [0.5, 0.6) is 5.75 Å². The number of anilines is 2. The molecule has 2 aliphatic rings. The van der Waals surface area contributed by atoms with Gasteiger partial charge in [0.2, 0.25) is 0 Å². The third kappa shape index (κ3) is 6.57. The van der Waals surface area contributed by atoms with Gasteiger partial charge in [0, 0.05) is 36.5 Å². The zero-order valence-corrected chi connectivity index (χ0v) is 21.9. The number of carbonyl (C=O) groups is 3. The molecule has 1 saturated heterocycles. The second-order valence-corrected chi connectivity index (χ2v) is 9.91. The second kappa shape index (κ2) is 11.9. The van der Waals surface area contributed by atoms with Crippen LogP contribution in [0.1, 0.15) is 25.7 Å². The molecule has 2 aromatic carbocycles. The van der Waals surface area contributed by atoms with E-state index in [-0.39, 0.29) is 30.2 Å². The minimum atomic E-state index is -1.14. The van der Waals surface area contributed by atoms with E-state index in [1.807, 2.05) is 0 Å². The van der Waals surface area contributed by atoms with Gasteiger partial charge in [-0.25, -0.2) is 9.59 Å². The smallest absolute Gasteiger partial charge is 0.323 e. The first-order chi connectivity index (χ1) is 17.7. The van der Waals surface area contributed by atoms with Crippen LogP contribution < -0.4 is 26.4 Å². The third-order valence-corrected chi connectivity index (χ3v) is 7.30. The van der Waals surface area contributed by atoms with E-state index in [0.29, 0.717) is 22.1 Å². The molecule has 0 aromatic heterocycles. The maximum Gasteiger partial charge on any atom is 0.323 e. The van der Waals surface area contributed by atoms with E-state index in [4.69, 9.17) is 33.7 Å². The molecule has 37 heavy (non-hydrogen) atoms. The summed E-state index contributed by atoms with van der Waals surface area (Å²) >= 11 is 12.1. The van der Waals surface area contributed by atoms with Crippen LogP contribution in [0.4, 0.5) is 21.0 Å². The molecule has 1 saturated carbocycles. The van der Waals surface area contributed by atoms with Gasteiger partial charge in [0.15, 0.2) is 6.17 Å². The number of methoxy groups -OCH3 is 1. The number of carbonyl (C=O) groups excluding carboxylic acids is 3. The molecule has 1 atom stereocenters. The summed E-state index contributed by atoms with van der Waals surface area (Å²) in [5, 5.41) is 9.19. The number of hydrogen-bond donors (Lipinski definition) is 4. The van der Waals surface area contributed by atoms with Crippen molar-refractivity contribution in [1.29, 1.82) is 0 Å². The number of amides is 5. The van der Waals surface area contributed by atoms with Gasteiger partial charge in [-0.05, 0) is 68.1 Å². The van der Waals surface area contributed by atoms with Gasteiger partial charge >= 0.3 is 12.1 Å². The molecule has 198 valence electrons. The molecule has 0 bridgehead atoms. The molecule has 1 aliphatic carbocycles. The van der Waals surface area contributed by atoms with E-state index in [1.165, 1.54) is 15.9 Å². The summed E-state index contributed by atoms with van der Waals surface area (Å²) < 4.78 is 5.15. The fraction of sp³-hybridized carbons (Fsp3) is 0.400. The molecule has 5 amide bonds. The number of rotatable bonds is 5. The highest BCUT2D eigenvalue weighted by Crippen LogP contribution is 2.26. The van der Waals surface area contributed by atoms with Crippen molar-refractivity contribution in [3.8, 4) is 5.75 Å². The Morgan fingerprint density at radius 3 is 2.00 bits per heavy atom. The van der Waals surface area contributed by atoms with Gasteiger partial charge in [0.05, 0.1) is 17.2 Å². The highest BCUT2D eigenvalue weighted by molar-refractivity contribution is 6.42. The van der Waals surface area contributed by atoms with Crippen molar-refractivity contribution in [3.05, 3.63) is 52.5 Å². The average molecular weight is 549 g/mol. The fourth-order valence-corrected chi connectivity index (χ4v) is 4.81. The van der Waals surface area contributed by atoms with E-state index < -0.39 is 24.1 Å². The van der Waals surface area contributed by atoms with Gasteiger partial charge in [-0.3, -0.25) is 14.6 Å². The molecular weight excluding hydrogens is 519 g/mol. The summed E-state index contributed by atoms with van der Waals surface area (Å²) in [6.07, 6.45) is 1.95. The first-order valence-electron chi connectivity index (χ1n) is 12.1. The molecule has 4 rings (SSSR count). The maximum atomic E-state index is 13.5. The van der Waals surface area contributed by atoms with Crippen LogP contribution >= 0.6 is 23.2 Å². The van der Waals surface area contributed by atoms with Crippen molar-refractivity contribution in [2.24, 2.45) is 5.73 Å². The number of nitrogens with zero attached hydrogens (tertiary/aromatic N) is 2. The summed E-state index contributed by atoms with van der Waals surface area (Å²) in [6, 6.07) is 10.5. The normalized spacial score (nSPS) is 21.4. The minimum absolute atomic E-state index is 0.0700. The lowest BCUT2D eigenvalue weighted by atomic mass is 9.92. The van der Waals surface area contributed by atoms with Crippen molar-refractivity contribution < 1.29 is 19.1 Å². The summed E-state index contributed by atoms with van der Waals surface area (Å²) in [6.45, 7) is 0.335. The Morgan fingerprint density at radius 2 is 1.43 bits per heavy atom. The van der Waals surface area contributed by atoms with Gasteiger partial charge in [0.25, 0.3) is 5.91 Å². The van der Waals surface area contributed by atoms with Gasteiger partial charge in [0.1, 0.15) is 5.75 Å². The van der Waals surface area contributed by atoms with Crippen molar-refractivity contribution in [3.63, 3.8) is 0 Å². The summed E-state index contributed by atoms with van der Waals surface area (Å²) in [5.74, 6) is 0.223. The number of nitrogens with one attached hydrogen (secondary N) is 3. The van der Waals surface area contributed by atoms with E-state index in [2.05, 4.69) is 16.0 Å². The van der Waals surface area contributed by atoms with E-state index in [1.54, 1.807) is 43.5 Å². The van der Waals surface area contributed by atoms with Crippen LogP contribution in [-0.4, -0.2) is 66.2 Å². The fourth-order valence-electron chi connectivity index (χ4n) is 4.51. The highest BCUT2D eigenvalue weighted by atomic mass is 35.5. The number of hydrogen-bond acceptors (Lipinski definition) is 5. The zero-order chi connectivity index (χ0) is 26.5. The number of urea groups is 2. The largest absolute Gasteiger partial charge is 0.497 e. The molecule has 10 nitrogen and oxygen atoms in total. The average Bonchev–Trinajstić information content (AvgIpc) is 3.34. The molecular formula is C25H30Cl2N6O4.